The molecule has 0 nitrogen and oxygen atoms in total. The molecule has 0 rings (SSSR count). The highest BCUT2D eigenvalue weighted by Crippen LogP contribution is 2.13. The molecule has 0 amide bonds. The summed E-state index contributed by atoms with van der Waals surface area (Å²) >= 11 is 5.64. The first-order chi connectivity index (χ1) is 8.27. The van der Waals surface area contributed by atoms with Crippen LogP contribution >= 0.6 is 11.6 Å². The van der Waals surface area contributed by atoms with Crippen molar-refractivity contribution in [1.82, 2.24) is 0 Å². The van der Waals surface area contributed by atoms with E-state index in [0.29, 0.717) is 0 Å². The molecular weight excluding hydrogens is 228 g/mol. The molecule has 0 saturated heterocycles. The largest absolute Gasteiger partial charge is 0.127 e. The van der Waals surface area contributed by atoms with Gasteiger partial charge in [0.1, 0.15) is 0 Å². The zero-order valence-electron chi connectivity index (χ0n) is 12.1. The summed E-state index contributed by atoms with van der Waals surface area (Å²) in [6.45, 7) is 4.65. The van der Waals surface area contributed by atoms with Crippen molar-refractivity contribution in [2.45, 2.75) is 90.9 Å². The Kier molecular flexibility index (Phi) is 14.6. The van der Waals surface area contributed by atoms with Gasteiger partial charge in [0.15, 0.2) is 0 Å². The monoisotopic (exact) mass is 260 g/mol. The van der Waals surface area contributed by atoms with E-state index < -0.39 is 0 Å². The molecule has 0 saturated carbocycles. The Bertz CT molecular complexity index is 131. The van der Waals surface area contributed by atoms with E-state index in [0.717, 1.165) is 11.8 Å². The Hall–Kier alpha value is 0.290. The molecule has 0 spiro atoms. The van der Waals surface area contributed by atoms with Gasteiger partial charge in [-0.2, -0.15) is 0 Å². The second kappa shape index (κ2) is 14.4. The smallest absolute Gasteiger partial charge is 0.0223 e. The van der Waals surface area contributed by atoms with E-state index in [4.69, 9.17) is 11.6 Å². The van der Waals surface area contributed by atoms with E-state index in [9.17, 15) is 0 Å². The molecule has 0 aliphatic carbocycles. The Morgan fingerprint density at radius 2 is 0.941 bits per heavy atom. The predicted octanol–water partition coefficient (Wildman–Crippen LogP) is 6.56. The van der Waals surface area contributed by atoms with Crippen LogP contribution in [-0.4, -0.2) is 5.88 Å². The highest BCUT2D eigenvalue weighted by Gasteiger charge is 1.95. The lowest BCUT2D eigenvalue weighted by Crippen LogP contribution is -1.87. The highest BCUT2D eigenvalue weighted by atomic mass is 35.5. The third kappa shape index (κ3) is 16.3. The minimum absolute atomic E-state index is 0.844. The topological polar surface area (TPSA) is 0 Å². The number of unbranched alkanes of at least 4 members (excludes halogenated alkanes) is 10. The van der Waals surface area contributed by atoms with Gasteiger partial charge in [0.05, 0.1) is 0 Å². The van der Waals surface area contributed by atoms with Crippen LogP contribution in [0.3, 0.4) is 0 Å². The van der Waals surface area contributed by atoms with Crippen LogP contribution in [0, 0.1) is 5.92 Å². The molecule has 0 bridgehead atoms. The zero-order chi connectivity index (χ0) is 12.8. The lowest BCUT2D eigenvalue weighted by atomic mass is 10.0. The molecule has 0 aromatic rings. The molecule has 0 aliphatic heterocycles. The molecule has 0 radical (unpaired) electrons. The molecule has 0 N–H and O–H groups in total. The average Bonchev–Trinajstić information content (AvgIpc) is 2.30. The van der Waals surface area contributed by atoms with Gasteiger partial charge >= 0.3 is 0 Å². The van der Waals surface area contributed by atoms with E-state index in [1.54, 1.807) is 0 Å². The van der Waals surface area contributed by atoms with Crippen LogP contribution in [-0.2, 0) is 0 Å². The predicted molar refractivity (Wildman–Crippen MR) is 81.0 cm³/mol. The molecule has 0 atom stereocenters. The van der Waals surface area contributed by atoms with E-state index in [2.05, 4.69) is 13.8 Å². The second-order valence-electron chi connectivity index (χ2n) is 5.76. The molecule has 0 aliphatic rings. The maximum absolute atomic E-state index is 5.64. The number of halogens is 1. The van der Waals surface area contributed by atoms with Gasteiger partial charge in [0.25, 0.3) is 0 Å². The molecule has 0 aromatic carbocycles. The van der Waals surface area contributed by atoms with Crippen molar-refractivity contribution in [2.24, 2.45) is 5.92 Å². The third-order valence-electron chi connectivity index (χ3n) is 3.42. The van der Waals surface area contributed by atoms with Crippen LogP contribution in [0.5, 0.6) is 0 Å². The van der Waals surface area contributed by atoms with Crippen LogP contribution in [0.4, 0.5) is 0 Å². The Balaban J connectivity index is 2.89. The summed E-state index contributed by atoms with van der Waals surface area (Å²) in [4.78, 5) is 0. The quantitative estimate of drug-likeness (QED) is 0.260. The average molecular weight is 261 g/mol. The highest BCUT2D eigenvalue weighted by molar-refractivity contribution is 6.17. The molecular formula is C16H33Cl. The lowest BCUT2D eigenvalue weighted by molar-refractivity contribution is 0.504. The molecule has 0 aromatic heterocycles. The number of hydrogen-bond donors (Lipinski definition) is 0. The maximum atomic E-state index is 5.64. The van der Waals surface area contributed by atoms with Crippen molar-refractivity contribution in [1.29, 1.82) is 0 Å². The summed E-state index contributed by atoms with van der Waals surface area (Å²) in [6, 6.07) is 0. The van der Waals surface area contributed by atoms with E-state index in [-0.39, 0.29) is 0 Å². The van der Waals surface area contributed by atoms with Crippen molar-refractivity contribution in [3.63, 3.8) is 0 Å². The van der Waals surface area contributed by atoms with Crippen LogP contribution in [0.25, 0.3) is 0 Å². The number of alkyl halides is 1. The van der Waals surface area contributed by atoms with Gasteiger partial charge in [-0.25, -0.2) is 0 Å². The Labute approximate surface area is 115 Å². The molecule has 17 heavy (non-hydrogen) atoms. The van der Waals surface area contributed by atoms with Gasteiger partial charge in [-0.3, -0.25) is 0 Å². The van der Waals surface area contributed by atoms with Gasteiger partial charge < -0.3 is 0 Å². The summed E-state index contributed by atoms with van der Waals surface area (Å²) in [5, 5.41) is 0. The van der Waals surface area contributed by atoms with Crippen molar-refractivity contribution in [2.75, 3.05) is 5.88 Å². The first-order valence-corrected chi connectivity index (χ1v) is 8.36. The molecule has 104 valence electrons. The number of hydrogen-bond acceptors (Lipinski definition) is 0. The maximum Gasteiger partial charge on any atom is 0.0223 e. The summed E-state index contributed by atoms with van der Waals surface area (Å²) < 4.78 is 0. The second-order valence-corrected chi connectivity index (χ2v) is 6.14. The first-order valence-electron chi connectivity index (χ1n) is 7.83. The SMILES string of the molecule is CC(C)CCCCCCCCCCCCCCl. The van der Waals surface area contributed by atoms with Gasteiger partial charge in [-0.05, 0) is 12.3 Å². The molecule has 0 fully saturated rings. The Morgan fingerprint density at radius 3 is 1.29 bits per heavy atom. The summed E-state index contributed by atoms with van der Waals surface area (Å²) in [5.41, 5.74) is 0. The van der Waals surface area contributed by atoms with E-state index in [1.165, 1.54) is 77.0 Å². The fraction of sp³-hybridized carbons (Fsp3) is 1.00. The lowest BCUT2D eigenvalue weighted by Gasteiger charge is -2.04. The zero-order valence-corrected chi connectivity index (χ0v) is 12.9. The normalized spacial score (nSPS) is 11.3. The summed E-state index contributed by atoms with van der Waals surface area (Å²) in [6.07, 6.45) is 16.9. The summed E-state index contributed by atoms with van der Waals surface area (Å²) in [7, 11) is 0. The summed E-state index contributed by atoms with van der Waals surface area (Å²) in [5.74, 6) is 1.74. The molecule has 0 heterocycles. The van der Waals surface area contributed by atoms with Gasteiger partial charge in [-0.1, -0.05) is 84.5 Å². The van der Waals surface area contributed by atoms with Gasteiger partial charge in [0, 0.05) is 5.88 Å². The minimum atomic E-state index is 0.844. The molecule has 1 heteroatoms. The molecule has 0 unspecified atom stereocenters. The third-order valence-corrected chi connectivity index (χ3v) is 3.68. The fourth-order valence-corrected chi connectivity index (χ4v) is 2.43. The van der Waals surface area contributed by atoms with Gasteiger partial charge in [0.2, 0.25) is 0 Å². The van der Waals surface area contributed by atoms with Crippen molar-refractivity contribution in [3.8, 4) is 0 Å². The van der Waals surface area contributed by atoms with Crippen LogP contribution in [0.1, 0.15) is 90.9 Å². The van der Waals surface area contributed by atoms with Crippen molar-refractivity contribution in [3.05, 3.63) is 0 Å². The standard InChI is InChI=1S/C16H33Cl/c1-16(2)14-12-10-8-6-4-3-5-7-9-11-13-15-17/h16H,3-15H2,1-2H3. The van der Waals surface area contributed by atoms with E-state index >= 15 is 0 Å². The van der Waals surface area contributed by atoms with Crippen LogP contribution in [0.2, 0.25) is 0 Å². The fourth-order valence-electron chi connectivity index (χ4n) is 2.24. The minimum Gasteiger partial charge on any atom is -0.127 e. The van der Waals surface area contributed by atoms with Crippen LogP contribution in [0.15, 0.2) is 0 Å². The van der Waals surface area contributed by atoms with Crippen molar-refractivity contribution >= 4 is 11.6 Å². The van der Waals surface area contributed by atoms with Gasteiger partial charge in [-0.15, -0.1) is 11.6 Å². The van der Waals surface area contributed by atoms with E-state index in [1.807, 2.05) is 0 Å². The first kappa shape index (κ1) is 17.3. The van der Waals surface area contributed by atoms with Crippen molar-refractivity contribution < 1.29 is 0 Å². The number of rotatable bonds is 13. The van der Waals surface area contributed by atoms with Crippen LogP contribution < -0.4 is 0 Å². The Morgan fingerprint density at radius 1 is 0.588 bits per heavy atom.